The number of nitrogens with one attached hydrogen (secondary N) is 1. The van der Waals surface area contributed by atoms with E-state index in [2.05, 4.69) is 21.2 Å². The second kappa shape index (κ2) is 6.48. The van der Waals surface area contributed by atoms with Gasteiger partial charge in [-0.05, 0) is 66.7 Å². The lowest BCUT2D eigenvalue weighted by Crippen LogP contribution is -2.43. The van der Waals surface area contributed by atoms with Crippen molar-refractivity contribution in [2.24, 2.45) is 0 Å². The molecule has 1 aliphatic heterocycles. The van der Waals surface area contributed by atoms with Gasteiger partial charge in [0.25, 0.3) is 0 Å². The van der Waals surface area contributed by atoms with Crippen LogP contribution in [-0.2, 0) is 4.79 Å². The van der Waals surface area contributed by atoms with Crippen LogP contribution in [-0.4, -0.2) is 29.9 Å². The maximum atomic E-state index is 12.4. The molecule has 0 aromatic heterocycles. The number of benzene rings is 1. The first-order chi connectivity index (χ1) is 9.49. The van der Waals surface area contributed by atoms with E-state index in [9.17, 15) is 4.79 Å². The second-order valence-corrected chi connectivity index (χ2v) is 6.29. The summed E-state index contributed by atoms with van der Waals surface area (Å²) in [6.07, 6.45) is 3.46. The van der Waals surface area contributed by atoms with Gasteiger partial charge in [-0.2, -0.15) is 0 Å². The number of carbonyl (C=O) groups excluding carboxylic acids is 1. The van der Waals surface area contributed by atoms with Crippen molar-refractivity contribution in [2.45, 2.75) is 39.2 Å². The molecule has 1 aromatic rings. The summed E-state index contributed by atoms with van der Waals surface area (Å²) in [5.74, 6) is 0.172. The Morgan fingerprint density at radius 1 is 1.35 bits per heavy atom. The molecule has 1 heterocycles. The van der Waals surface area contributed by atoms with Crippen LogP contribution in [0.1, 0.15) is 31.7 Å². The van der Waals surface area contributed by atoms with Crippen molar-refractivity contribution in [3.8, 4) is 0 Å². The number of carbonyl (C=O) groups is 1. The minimum Gasteiger partial charge on any atom is -0.398 e. The summed E-state index contributed by atoms with van der Waals surface area (Å²) in [4.78, 5) is 14.3. The molecule has 0 saturated carbocycles. The van der Waals surface area contributed by atoms with Gasteiger partial charge in [0.05, 0.1) is 0 Å². The van der Waals surface area contributed by atoms with E-state index in [0.717, 1.165) is 47.3 Å². The Bertz CT molecular complexity index is 498. The molecule has 1 amide bonds. The number of aryl methyl sites for hydroxylation is 1. The summed E-state index contributed by atoms with van der Waals surface area (Å²) < 4.78 is 0.888. The fourth-order valence-electron chi connectivity index (χ4n) is 2.49. The highest BCUT2D eigenvalue weighted by molar-refractivity contribution is 9.10. The van der Waals surface area contributed by atoms with E-state index in [1.54, 1.807) is 0 Å². The van der Waals surface area contributed by atoms with Crippen molar-refractivity contribution in [1.29, 1.82) is 0 Å². The molecular weight excluding hydrogens is 318 g/mol. The van der Waals surface area contributed by atoms with Gasteiger partial charge in [0.15, 0.2) is 0 Å². The molecule has 1 unspecified atom stereocenters. The fourth-order valence-corrected chi connectivity index (χ4v) is 2.97. The Hall–Kier alpha value is -1.23. The molecule has 110 valence electrons. The molecule has 1 saturated heterocycles. The van der Waals surface area contributed by atoms with Crippen LogP contribution in [0.3, 0.4) is 0 Å². The van der Waals surface area contributed by atoms with Gasteiger partial charge in [-0.1, -0.05) is 0 Å². The summed E-state index contributed by atoms with van der Waals surface area (Å²) in [7, 11) is 0. The first-order valence-electron chi connectivity index (χ1n) is 7.10. The third kappa shape index (κ3) is 3.45. The normalized spacial score (nSPS) is 16.9. The van der Waals surface area contributed by atoms with Gasteiger partial charge in [-0.3, -0.25) is 4.79 Å². The Labute approximate surface area is 128 Å². The van der Waals surface area contributed by atoms with E-state index in [1.165, 1.54) is 6.42 Å². The van der Waals surface area contributed by atoms with E-state index < -0.39 is 0 Å². The van der Waals surface area contributed by atoms with Crippen molar-refractivity contribution in [1.82, 2.24) is 4.90 Å². The molecule has 4 nitrogen and oxygen atoms in total. The molecule has 20 heavy (non-hydrogen) atoms. The molecule has 0 spiro atoms. The minimum absolute atomic E-state index is 0.172. The quantitative estimate of drug-likeness (QED) is 0.831. The number of likely N-dealkylation sites (tertiary alicyclic amines) is 1. The number of halogens is 1. The lowest BCUT2D eigenvalue weighted by Gasteiger charge is -2.30. The Morgan fingerprint density at radius 2 is 2.00 bits per heavy atom. The van der Waals surface area contributed by atoms with E-state index in [-0.39, 0.29) is 11.9 Å². The van der Waals surface area contributed by atoms with Gasteiger partial charge in [-0.25, -0.2) is 0 Å². The lowest BCUT2D eigenvalue weighted by molar-refractivity contribution is -0.132. The third-order valence-corrected chi connectivity index (χ3v) is 4.42. The molecule has 0 radical (unpaired) electrons. The average Bonchev–Trinajstić information content (AvgIpc) is 2.44. The van der Waals surface area contributed by atoms with Gasteiger partial charge in [-0.15, -0.1) is 0 Å². The van der Waals surface area contributed by atoms with Crippen LogP contribution in [0, 0.1) is 6.92 Å². The van der Waals surface area contributed by atoms with Gasteiger partial charge < -0.3 is 16.0 Å². The predicted molar refractivity (Wildman–Crippen MR) is 86.8 cm³/mol. The number of nitrogens with two attached hydrogens (primary N) is 1. The van der Waals surface area contributed by atoms with E-state index in [0.29, 0.717) is 0 Å². The molecule has 1 aliphatic rings. The lowest BCUT2D eigenvalue weighted by atomic mass is 10.1. The monoisotopic (exact) mass is 339 g/mol. The van der Waals surface area contributed by atoms with Gasteiger partial charge in [0.2, 0.25) is 5.91 Å². The number of amides is 1. The fraction of sp³-hybridized carbons (Fsp3) is 0.533. The Morgan fingerprint density at radius 3 is 2.65 bits per heavy atom. The van der Waals surface area contributed by atoms with Crippen LogP contribution >= 0.6 is 15.9 Å². The molecule has 2 rings (SSSR count). The third-order valence-electron chi connectivity index (χ3n) is 3.77. The Balaban J connectivity index is 2.05. The zero-order chi connectivity index (χ0) is 14.7. The molecule has 1 aromatic carbocycles. The van der Waals surface area contributed by atoms with Crippen molar-refractivity contribution < 1.29 is 4.79 Å². The summed E-state index contributed by atoms with van der Waals surface area (Å²) in [5, 5.41) is 3.28. The highest BCUT2D eigenvalue weighted by Gasteiger charge is 2.22. The number of hydrogen-bond acceptors (Lipinski definition) is 3. The smallest absolute Gasteiger partial charge is 0.244 e. The van der Waals surface area contributed by atoms with Crippen molar-refractivity contribution >= 4 is 33.2 Å². The summed E-state index contributed by atoms with van der Waals surface area (Å²) >= 11 is 3.49. The van der Waals surface area contributed by atoms with Crippen LogP contribution in [0.2, 0.25) is 0 Å². The Kier molecular flexibility index (Phi) is 4.91. The first-order valence-corrected chi connectivity index (χ1v) is 7.89. The topological polar surface area (TPSA) is 58.4 Å². The zero-order valence-corrected chi connectivity index (χ0v) is 13.7. The molecule has 0 bridgehead atoms. The predicted octanol–water partition coefficient (Wildman–Crippen LogP) is 3.15. The first kappa shape index (κ1) is 15.2. The molecule has 3 N–H and O–H groups in total. The highest BCUT2D eigenvalue weighted by atomic mass is 79.9. The van der Waals surface area contributed by atoms with Crippen LogP contribution in [0.4, 0.5) is 11.4 Å². The SMILES string of the molecule is Cc1cc(NC(C)C(=O)N2CCCCC2)c(Br)cc1N. The van der Waals surface area contributed by atoms with E-state index in [4.69, 9.17) is 5.73 Å². The van der Waals surface area contributed by atoms with Crippen molar-refractivity contribution in [2.75, 3.05) is 24.1 Å². The molecule has 5 heteroatoms. The number of anilines is 2. The standard InChI is InChI=1S/C15H22BrN3O/c1-10-8-14(12(16)9-13(10)17)18-11(2)15(20)19-6-4-3-5-7-19/h8-9,11,18H,3-7,17H2,1-2H3. The van der Waals surface area contributed by atoms with E-state index >= 15 is 0 Å². The van der Waals surface area contributed by atoms with Crippen molar-refractivity contribution in [3.63, 3.8) is 0 Å². The largest absolute Gasteiger partial charge is 0.398 e. The molecule has 1 fully saturated rings. The van der Waals surface area contributed by atoms with E-state index in [1.807, 2.05) is 30.9 Å². The maximum Gasteiger partial charge on any atom is 0.244 e. The van der Waals surface area contributed by atoms with Gasteiger partial charge in [0, 0.05) is 28.9 Å². The number of nitrogen functional groups attached to an aromatic ring is 1. The highest BCUT2D eigenvalue weighted by Crippen LogP contribution is 2.28. The number of nitrogens with zero attached hydrogens (tertiary/aromatic N) is 1. The average molecular weight is 340 g/mol. The van der Waals surface area contributed by atoms with Gasteiger partial charge in [0.1, 0.15) is 6.04 Å². The van der Waals surface area contributed by atoms with Crippen LogP contribution in [0.25, 0.3) is 0 Å². The zero-order valence-electron chi connectivity index (χ0n) is 12.1. The summed E-state index contributed by atoms with van der Waals surface area (Å²) in [6.45, 7) is 5.64. The summed E-state index contributed by atoms with van der Waals surface area (Å²) in [5.41, 5.74) is 8.53. The molecular formula is C15H22BrN3O. The number of piperidine rings is 1. The van der Waals surface area contributed by atoms with Crippen LogP contribution in [0.5, 0.6) is 0 Å². The number of rotatable bonds is 3. The molecule has 1 atom stereocenters. The van der Waals surface area contributed by atoms with Crippen LogP contribution < -0.4 is 11.1 Å². The molecule has 0 aliphatic carbocycles. The van der Waals surface area contributed by atoms with Gasteiger partial charge >= 0.3 is 0 Å². The summed E-state index contributed by atoms with van der Waals surface area (Å²) in [6, 6.07) is 3.61. The maximum absolute atomic E-state index is 12.4. The second-order valence-electron chi connectivity index (χ2n) is 5.44. The number of hydrogen-bond donors (Lipinski definition) is 2. The van der Waals surface area contributed by atoms with Crippen LogP contribution in [0.15, 0.2) is 16.6 Å². The van der Waals surface area contributed by atoms with Crippen molar-refractivity contribution in [3.05, 3.63) is 22.2 Å². The minimum atomic E-state index is -0.229.